The summed E-state index contributed by atoms with van der Waals surface area (Å²) in [6.07, 6.45) is 4.71. The van der Waals surface area contributed by atoms with Crippen molar-refractivity contribution in [3.05, 3.63) is 0 Å². The second-order valence-corrected chi connectivity index (χ2v) is 3.95. The number of nitrogens with one attached hydrogen (secondary N) is 1. The first-order valence-electron chi connectivity index (χ1n) is 4.57. The highest BCUT2D eigenvalue weighted by Crippen LogP contribution is 2.33. The number of amides is 1. The lowest BCUT2D eigenvalue weighted by atomic mass is 9.76. The summed E-state index contributed by atoms with van der Waals surface area (Å²) < 4.78 is 0. The van der Waals surface area contributed by atoms with Gasteiger partial charge in [0, 0.05) is 0 Å². The van der Waals surface area contributed by atoms with Gasteiger partial charge in [-0.2, -0.15) is 0 Å². The van der Waals surface area contributed by atoms with Gasteiger partial charge in [0.1, 0.15) is 0 Å². The van der Waals surface area contributed by atoms with E-state index in [9.17, 15) is 4.79 Å². The van der Waals surface area contributed by atoms with Gasteiger partial charge in [0.05, 0.1) is 5.54 Å². The fourth-order valence-electron chi connectivity index (χ4n) is 1.60. The zero-order chi connectivity index (χ0) is 9.19. The topological polar surface area (TPSA) is 55.1 Å². The van der Waals surface area contributed by atoms with E-state index in [1.54, 1.807) is 7.05 Å². The van der Waals surface area contributed by atoms with Crippen LogP contribution in [0.5, 0.6) is 0 Å². The molecule has 1 aliphatic carbocycles. The fourth-order valence-corrected chi connectivity index (χ4v) is 1.60. The van der Waals surface area contributed by atoms with Crippen molar-refractivity contribution in [1.82, 2.24) is 5.32 Å². The monoisotopic (exact) mass is 170 g/mol. The largest absolute Gasteiger partial charge is 0.368 e. The molecule has 3 N–H and O–H groups in total. The normalized spacial score (nSPS) is 22.8. The lowest BCUT2D eigenvalue weighted by Crippen LogP contribution is -2.53. The number of hydrogen-bond acceptors (Lipinski definition) is 2. The maximum absolute atomic E-state index is 11.1. The molecule has 0 aromatic heterocycles. The molecular weight excluding hydrogens is 152 g/mol. The van der Waals surface area contributed by atoms with E-state index in [1.165, 1.54) is 19.3 Å². The number of hydrogen-bond donors (Lipinski definition) is 2. The maximum Gasteiger partial charge on any atom is 0.237 e. The zero-order valence-electron chi connectivity index (χ0n) is 7.89. The third-order valence-corrected chi connectivity index (χ3v) is 3.02. The molecule has 0 saturated heterocycles. The first-order chi connectivity index (χ1) is 5.58. The Morgan fingerprint density at radius 1 is 1.67 bits per heavy atom. The van der Waals surface area contributed by atoms with Gasteiger partial charge < -0.3 is 11.1 Å². The molecule has 70 valence electrons. The molecular formula is C9H18N2O. The van der Waals surface area contributed by atoms with Crippen LogP contribution in [-0.2, 0) is 4.79 Å². The fraction of sp³-hybridized carbons (Fsp3) is 0.889. The Labute approximate surface area is 73.7 Å². The summed E-state index contributed by atoms with van der Waals surface area (Å²) in [5.41, 5.74) is 4.81. The second kappa shape index (κ2) is 3.44. The van der Waals surface area contributed by atoms with Crippen molar-refractivity contribution in [3.8, 4) is 0 Å². The van der Waals surface area contributed by atoms with Crippen LogP contribution in [0.1, 0.15) is 32.6 Å². The average molecular weight is 170 g/mol. The number of rotatable bonds is 4. The molecule has 0 aliphatic heterocycles. The van der Waals surface area contributed by atoms with Crippen molar-refractivity contribution >= 4 is 5.91 Å². The molecule has 1 fully saturated rings. The van der Waals surface area contributed by atoms with E-state index in [0.29, 0.717) is 5.92 Å². The first-order valence-corrected chi connectivity index (χ1v) is 4.57. The Morgan fingerprint density at radius 2 is 2.25 bits per heavy atom. The average Bonchev–Trinajstić information content (AvgIpc) is 1.96. The number of carbonyl (C=O) groups is 1. The van der Waals surface area contributed by atoms with Gasteiger partial charge in [-0.15, -0.1) is 0 Å². The van der Waals surface area contributed by atoms with E-state index in [-0.39, 0.29) is 5.91 Å². The number of likely N-dealkylation sites (N-methyl/N-ethyl adjacent to an activating group) is 1. The van der Waals surface area contributed by atoms with Crippen molar-refractivity contribution in [3.63, 3.8) is 0 Å². The minimum absolute atomic E-state index is 0.239. The second-order valence-electron chi connectivity index (χ2n) is 3.95. The van der Waals surface area contributed by atoms with Crippen LogP contribution in [0.3, 0.4) is 0 Å². The highest BCUT2D eigenvalue weighted by Gasteiger charge is 2.34. The maximum atomic E-state index is 11.1. The molecule has 1 aliphatic rings. The van der Waals surface area contributed by atoms with Crippen molar-refractivity contribution in [2.75, 3.05) is 7.05 Å². The molecule has 0 bridgehead atoms. The third kappa shape index (κ3) is 1.78. The summed E-state index contributed by atoms with van der Waals surface area (Å²) in [6.45, 7) is 1.88. The molecule has 0 aromatic carbocycles. The minimum atomic E-state index is -0.495. The summed E-state index contributed by atoms with van der Waals surface area (Å²) in [5, 5.41) is 3.00. The van der Waals surface area contributed by atoms with Crippen LogP contribution in [0, 0.1) is 5.92 Å². The third-order valence-electron chi connectivity index (χ3n) is 3.02. The van der Waals surface area contributed by atoms with Gasteiger partial charge in [-0.05, 0) is 26.3 Å². The van der Waals surface area contributed by atoms with Crippen molar-refractivity contribution in [2.24, 2.45) is 11.7 Å². The van der Waals surface area contributed by atoms with Gasteiger partial charge in [-0.1, -0.05) is 19.3 Å². The summed E-state index contributed by atoms with van der Waals surface area (Å²) >= 11 is 0. The van der Waals surface area contributed by atoms with Gasteiger partial charge in [0.2, 0.25) is 5.91 Å². The summed E-state index contributed by atoms with van der Waals surface area (Å²) in [5.74, 6) is 0.465. The van der Waals surface area contributed by atoms with E-state index >= 15 is 0 Å². The van der Waals surface area contributed by atoms with Crippen LogP contribution < -0.4 is 11.1 Å². The SMILES string of the molecule is CNC(C)(CC1CCC1)C(N)=O. The molecule has 0 heterocycles. The van der Waals surface area contributed by atoms with Crippen molar-refractivity contribution < 1.29 is 4.79 Å². The van der Waals surface area contributed by atoms with Crippen molar-refractivity contribution in [1.29, 1.82) is 0 Å². The molecule has 1 amide bonds. The lowest BCUT2D eigenvalue weighted by molar-refractivity contribution is -0.124. The van der Waals surface area contributed by atoms with Crippen LogP contribution in [0.4, 0.5) is 0 Å². The van der Waals surface area contributed by atoms with Gasteiger partial charge in [0.25, 0.3) is 0 Å². The van der Waals surface area contributed by atoms with Crippen LogP contribution in [0.2, 0.25) is 0 Å². The van der Waals surface area contributed by atoms with E-state index < -0.39 is 5.54 Å². The summed E-state index contributed by atoms with van der Waals surface area (Å²) in [7, 11) is 1.80. The van der Waals surface area contributed by atoms with E-state index in [2.05, 4.69) is 5.32 Å². The molecule has 12 heavy (non-hydrogen) atoms. The first kappa shape index (κ1) is 9.52. The molecule has 3 heteroatoms. The van der Waals surface area contributed by atoms with E-state index in [1.807, 2.05) is 6.92 Å². The van der Waals surface area contributed by atoms with E-state index in [0.717, 1.165) is 6.42 Å². The van der Waals surface area contributed by atoms with Crippen LogP contribution in [0.25, 0.3) is 0 Å². The van der Waals surface area contributed by atoms with Gasteiger partial charge in [-0.25, -0.2) is 0 Å². The molecule has 1 unspecified atom stereocenters. The van der Waals surface area contributed by atoms with Gasteiger partial charge >= 0.3 is 0 Å². The number of nitrogens with two attached hydrogens (primary N) is 1. The van der Waals surface area contributed by atoms with Gasteiger partial charge in [-0.3, -0.25) is 4.79 Å². The predicted molar refractivity (Wildman–Crippen MR) is 48.6 cm³/mol. The standard InChI is InChI=1S/C9H18N2O/c1-9(11-2,8(10)12)6-7-4-3-5-7/h7,11H,3-6H2,1-2H3,(H2,10,12). The molecule has 0 radical (unpaired) electrons. The number of carbonyl (C=O) groups excluding carboxylic acids is 1. The molecule has 3 nitrogen and oxygen atoms in total. The molecule has 0 aromatic rings. The Kier molecular flexibility index (Phi) is 2.73. The quantitative estimate of drug-likeness (QED) is 0.650. The predicted octanol–water partition coefficient (Wildman–Crippen LogP) is 0.640. The molecule has 1 rings (SSSR count). The van der Waals surface area contributed by atoms with Crippen molar-refractivity contribution in [2.45, 2.75) is 38.1 Å². The minimum Gasteiger partial charge on any atom is -0.368 e. The molecule has 1 saturated carbocycles. The lowest BCUT2D eigenvalue weighted by Gasteiger charge is -2.34. The highest BCUT2D eigenvalue weighted by atomic mass is 16.1. The Morgan fingerprint density at radius 3 is 2.50 bits per heavy atom. The van der Waals surface area contributed by atoms with Crippen LogP contribution in [-0.4, -0.2) is 18.5 Å². The zero-order valence-corrected chi connectivity index (χ0v) is 7.89. The summed E-state index contributed by atoms with van der Waals surface area (Å²) in [6, 6.07) is 0. The Balaban J connectivity index is 2.47. The Bertz CT molecular complexity index is 177. The highest BCUT2D eigenvalue weighted by molar-refractivity contribution is 5.84. The molecule has 1 atom stereocenters. The molecule has 0 spiro atoms. The Hall–Kier alpha value is -0.570. The summed E-state index contributed by atoms with van der Waals surface area (Å²) in [4.78, 5) is 11.1. The van der Waals surface area contributed by atoms with Crippen LogP contribution >= 0.6 is 0 Å². The van der Waals surface area contributed by atoms with Crippen LogP contribution in [0.15, 0.2) is 0 Å². The van der Waals surface area contributed by atoms with E-state index in [4.69, 9.17) is 5.73 Å². The number of primary amides is 1. The smallest absolute Gasteiger partial charge is 0.237 e. The van der Waals surface area contributed by atoms with Gasteiger partial charge in [0.15, 0.2) is 0 Å².